The summed E-state index contributed by atoms with van der Waals surface area (Å²) in [6.07, 6.45) is -49.6. The van der Waals surface area contributed by atoms with Crippen molar-refractivity contribution < 1.29 is 160 Å². The number of rotatable bonds is 29. The zero-order valence-electron chi connectivity index (χ0n) is 50.5. The maximum Gasteiger partial charge on any atom is 0.474 e. The Morgan fingerprint density at radius 1 is 0.670 bits per heavy atom. The van der Waals surface area contributed by atoms with Crippen LogP contribution in [0.15, 0.2) is 54.6 Å². The molecule has 0 spiro atoms. The molecule has 0 bridgehead atoms. The highest BCUT2D eigenvalue weighted by Crippen LogP contribution is 2.49. The minimum absolute atomic E-state index is 0.0211. The van der Waals surface area contributed by atoms with E-state index in [1.165, 1.54) is 6.92 Å². The van der Waals surface area contributed by atoms with Gasteiger partial charge in [-0.05, 0) is 43.7 Å². The smallest absolute Gasteiger partial charge is 0.474 e. The second-order valence-electron chi connectivity index (χ2n) is 22.5. The van der Waals surface area contributed by atoms with Crippen molar-refractivity contribution in [1.29, 1.82) is 0 Å². The number of nitrogens with one attached hydrogen (secondary N) is 3. The molecular formula is C54H79N6O33P. The summed E-state index contributed by atoms with van der Waals surface area (Å²) in [5.74, 6) is -5.90. The quantitative estimate of drug-likeness (QED) is 0.0266. The van der Waals surface area contributed by atoms with E-state index in [-0.39, 0.29) is 13.2 Å². The van der Waals surface area contributed by atoms with Crippen LogP contribution in [-0.4, -0.2) is 289 Å². The van der Waals surface area contributed by atoms with Crippen LogP contribution in [-0.2, 0) is 96.3 Å². The number of primary amides is 3. The third-order valence-corrected chi connectivity index (χ3v) is 16.4. The first kappa shape index (κ1) is 75.4. The number of hydrogen-bond donors (Lipinski definition) is 18. The summed E-state index contributed by atoms with van der Waals surface area (Å²) in [7, 11) is -5.83. The molecule has 7 rings (SSSR count). The number of carbonyl (C=O) groups excluding carboxylic acids is 5. The zero-order chi connectivity index (χ0) is 69.3. The molecule has 5 heterocycles. The molecule has 5 amide bonds. The SMILES string of the molecule is CC(=O)N[C@H]1[C@H](O[C@H]2[C@H](O)[C@@H](NC(C)=O)[C@H](O[C@H]3[C@@H](OP(=O)(O)OC[C@@H](OCCNc4ccc(OCc5ccccc5)cc4)C(=O)O)O[C@H](C(N)=O)[C@@](C)(O)[C@@H]3OC(N)=O)O[C@@H]2CO[C@@H]2O[C@H](CO)[C@@H](O)[C@H](O)[C@H]2O)O[C@H](C)[C@@H](O[C@@H]2O[C@H](C(N)=O)[C@H](O)[C@H](O)[C@H]2O)[C@@H]1O. The van der Waals surface area contributed by atoms with Crippen LogP contribution in [0.5, 0.6) is 5.75 Å². The van der Waals surface area contributed by atoms with Gasteiger partial charge in [0.2, 0.25) is 23.6 Å². The minimum Gasteiger partial charge on any atom is -0.489 e. The third-order valence-electron chi connectivity index (χ3n) is 15.4. The number of nitrogens with two attached hydrogens (primary N) is 3. The molecule has 5 saturated heterocycles. The first-order valence-corrected chi connectivity index (χ1v) is 30.5. The van der Waals surface area contributed by atoms with E-state index in [2.05, 4.69) is 16.0 Å². The van der Waals surface area contributed by atoms with Crippen molar-refractivity contribution in [3.63, 3.8) is 0 Å². The summed E-state index contributed by atoms with van der Waals surface area (Å²) in [4.78, 5) is 87.3. The van der Waals surface area contributed by atoms with Gasteiger partial charge in [-0.3, -0.25) is 28.2 Å². The predicted octanol–water partition coefficient (Wildman–Crippen LogP) is -7.83. The number of ether oxygens (including phenoxy) is 12. The van der Waals surface area contributed by atoms with Crippen molar-refractivity contribution in [1.82, 2.24) is 10.6 Å². The average molecular weight is 1370 g/mol. The topological polar surface area (TPSA) is 606 Å². The largest absolute Gasteiger partial charge is 0.489 e. The molecule has 39 nitrogen and oxygen atoms in total. The first-order valence-electron chi connectivity index (χ1n) is 29.0. The van der Waals surface area contributed by atoms with Crippen molar-refractivity contribution in [3.8, 4) is 5.75 Å². The van der Waals surface area contributed by atoms with Gasteiger partial charge in [0.05, 0.1) is 32.5 Å². The summed E-state index contributed by atoms with van der Waals surface area (Å²) >= 11 is 0. The number of anilines is 1. The van der Waals surface area contributed by atoms with Gasteiger partial charge in [0, 0.05) is 26.1 Å². The minimum atomic E-state index is -5.83. The van der Waals surface area contributed by atoms with Gasteiger partial charge in [0.25, 0.3) is 0 Å². The molecular weight excluding hydrogens is 1290 g/mol. The van der Waals surface area contributed by atoms with Crippen molar-refractivity contribution in [2.75, 3.05) is 38.3 Å². The Hall–Kier alpha value is -6.03. The molecule has 5 fully saturated rings. The van der Waals surface area contributed by atoms with Crippen molar-refractivity contribution >= 4 is 49.2 Å². The van der Waals surface area contributed by atoms with E-state index in [4.69, 9.17) is 83.1 Å². The lowest BCUT2D eigenvalue weighted by Gasteiger charge is -2.52. The lowest BCUT2D eigenvalue weighted by molar-refractivity contribution is -0.375. The third kappa shape index (κ3) is 18.7. The highest BCUT2D eigenvalue weighted by molar-refractivity contribution is 7.47. The number of aliphatic carboxylic acids is 1. The van der Waals surface area contributed by atoms with Gasteiger partial charge < -0.3 is 151 Å². The number of phosphoric acid groups is 1. The molecule has 21 N–H and O–H groups in total. The van der Waals surface area contributed by atoms with Crippen LogP contribution < -0.4 is 37.9 Å². The normalized spacial score (nSPS) is 37.8. The molecule has 0 aliphatic carbocycles. The van der Waals surface area contributed by atoms with Crippen LogP contribution >= 0.6 is 7.82 Å². The van der Waals surface area contributed by atoms with Gasteiger partial charge in [-0.15, -0.1) is 0 Å². The zero-order valence-corrected chi connectivity index (χ0v) is 51.4. The van der Waals surface area contributed by atoms with Crippen LogP contribution in [0.4, 0.5) is 10.5 Å². The van der Waals surface area contributed by atoms with Crippen LogP contribution in [0, 0.1) is 0 Å². The fraction of sp³-hybridized carbons (Fsp3) is 0.667. The molecule has 40 heteroatoms. The van der Waals surface area contributed by atoms with E-state index in [9.17, 15) is 94.4 Å². The number of carboxylic acids is 1. The van der Waals surface area contributed by atoms with E-state index < -0.39 is 222 Å². The summed E-state index contributed by atoms with van der Waals surface area (Å²) in [6.45, 7) is 0.580. The number of benzene rings is 2. The highest BCUT2D eigenvalue weighted by Gasteiger charge is 2.62. The van der Waals surface area contributed by atoms with E-state index in [1.54, 1.807) is 24.3 Å². The first-order chi connectivity index (χ1) is 44.2. The molecule has 2 aromatic rings. The summed E-state index contributed by atoms with van der Waals surface area (Å²) in [5.41, 5.74) is 14.9. The average Bonchev–Trinajstić information content (AvgIpc) is 0.754. The summed E-state index contributed by atoms with van der Waals surface area (Å²) in [6, 6.07) is 12.2. The molecule has 1 unspecified atom stereocenters. The fourth-order valence-electron chi connectivity index (χ4n) is 10.7. The number of amides is 5. The Bertz CT molecular complexity index is 2910. The number of hydrogen-bond acceptors (Lipinski definition) is 32. The molecule has 94 heavy (non-hydrogen) atoms. The van der Waals surface area contributed by atoms with Crippen LogP contribution in [0.3, 0.4) is 0 Å². The summed E-state index contributed by atoms with van der Waals surface area (Å²) in [5, 5.41) is 128. The van der Waals surface area contributed by atoms with Gasteiger partial charge in [0.1, 0.15) is 103 Å². The molecule has 27 atom stereocenters. The van der Waals surface area contributed by atoms with E-state index in [1.807, 2.05) is 30.3 Å². The van der Waals surface area contributed by atoms with Crippen LogP contribution in [0.2, 0.25) is 0 Å². The molecule has 528 valence electrons. The molecule has 2 aromatic carbocycles. The molecule has 5 aliphatic rings. The van der Waals surface area contributed by atoms with Gasteiger partial charge in [0.15, 0.2) is 62.0 Å². The molecule has 0 aromatic heterocycles. The van der Waals surface area contributed by atoms with E-state index in [0.717, 1.165) is 26.3 Å². The maximum atomic E-state index is 13.9. The Morgan fingerprint density at radius 3 is 1.83 bits per heavy atom. The Labute approximate surface area is 533 Å². The van der Waals surface area contributed by atoms with Crippen LogP contribution in [0.25, 0.3) is 0 Å². The lowest BCUT2D eigenvalue weighted by atomic mass is 9.85. The predicted molar refractivity (Wildman–Crippen MR) is 303 cm³/mol. The van der Waals surface area contributed by atoms with Crippen molar-refractivity contribution in [2.24, 2.45) is 17.2 Å². The molecule has 5 aliphatic heterocycles. The highest BCUT2D eigenvalue weighted by atomic mass is 31.2. The van der Waals surface area contributed by atoms with Gasteiger partial charge in [-0.2, -0.15) is 0 Å². The second kappa shape index (κ2) is 32.8. The van der Waals surface area contributed by atoms with Gasteiger partial charge >= 0.3 is 19.9 Å². The Balaban J connectivity index is 1.15. The number of phosphoric ester groups is 1. The van der Waals surface area contributed by atoms with E-state index >= 15 is 0 Å². The standard InChI is InChI=1S/C54H79N6O33P/c1-20-39(87-51-38(71)35(68)36(69)41(89-51)45(55)72)32(65)29(59-21(2)62)48(84-20)88-40-27(18-82-50-37(70)34(67)31(64)26(16-61)85-50)86-49(30(33(40)66)60-22(3)63)90-42-43(92-53(57)76)54(4,77)44(46(56)73)91-52(42)93-94(78,79)83-19-28(47(74)75)80-15-14-58-24-10-12-25(13-11-24)81-17-23-8-6-5-7-9-23/h5-13,20,26-44,48-52,58,61,64-71,77H,14-19H2,1-4H3,(H2,55,72)(H2,56,73)(H2,57,76)(H,59,62)(H,60,63)(H,74,75)(H,78,79)/t20-,26-,27-,28-,29-,30-,31-,32-,33-,34+,35+,36-,37-,38-,39-,40-,41+,42-,43-,44-,48+,49+,50-,51-,52-,54+/m1/s1. The number of carboxylic acid groups (broad SMARTS) is 1. The molecule has 0 radical (unpaired) electrons. The monoisotopic (exact) mass is 1370 g/mol. The number of aliphatic hydroxyl groups is 10. The Kier molecular flexibility index (Phi) is 26.3. The number of aliphatic hydroxyl groups excluding tert-OH is 9. The maximum absolute atomic E-state index is 13.9. The number of carbonyl (C=O) groups is 6. The summed E-state index contributed by atoms with van der Waals surface area (Å²) < 4.78 is 93.5. The van der Waals surface area contributed by atoms with Crippen molar-refractivity contribution in [2.45, 2.75) is 193 Å². The lowest BCUT2D eigenvalue weighted by Crippen LogP contribution is -2.72. The van der Waals surface area contributed by atoms with Crippen LogP contribution in [0.1, 0.15) is 33.3 Å². The van der Waals surface area contributed by atoms with E-state index in [0.29, 0.717) is 18.0 Å². The fourth-order valence-corrected chi connectivity index (χ4v) is 11.5. The second-order valence-corrected chi connectivity index (χ2v) is 23.9. The van der Waals surface area contributed by atoms with Gasteiger partial charge in [-0.25, -0.2) is 14.2 Å². The molecule has 0 saturated carbocycles. The van der Waals surface area contributed by atoms with Crippen molar-refractivity contribution in [3.05, 3.63) is 60.2 Å². The van der Waals surface area contributed by atoms with Gasteiger partial charge in [-0.1, -0.05) is 30.3 Å². The Morgan fingerprint density at radius 2 is 1.24 bits per heavy atom.